The average molecular weight is 507 g/mol. The van der Waals surface area contributed by atoms with Gasteiger partial charge in [0.15, 0.2) is 0 Å². The first-order chi connectivity index (χ1) is 16.9. The van der Waals surface area contributed by atoms with Gasteiger partial charge < -0.3 is 19.3 Å². The summed E-state index contributed by atoms with van der Waals surface area (Å²) in [7, 11) is 1.49. The number of anilines is 1. The molecule has 4 aromatic rings. The Morgan fingerprint density at radius 2 is 1.63 bits per heavy atom. The maximum Gasteiger partial charge on any atom is 0.337 e. The minimum Gasteiger partial charge on any atom is -0.496 e. The number of benzene rings is 3. The summed E-state index contributed by atoms with van der Waals surface area (Å²) < 4.78 is 7.46. The zero-order valence-corrected chi connectivity index (χ0v) is 20.2. The van der Waals surface area contributed by atoms with E-state index in [0.29, 0.717) is 39.3 Å². The Morgan fingerprint density at radius 1 is 0.886 bits per heavy atom. The van der Waals surface area contributed by atoms with Gasteiger partial charge in [-0.2, -0.15) is 0 Å². The number of rotatable bonds is 4. The van der Waals surface area contributed by atoms with Gasteiger partial charge in [-0.3, -0.25) is 4.79 Å². The van der Waals surface area contributed by atoms with Crippen molar-refractivity contribution in [3.63, 3.8) is 0 Å². The molecule has 0 saturated heterocycles. The number of carbonyl (C=O) groups is 2. The van der Waals surface area contributed by atoms with Crippen LogP contribution in [0.25, 0.3) is 11.1 Å². The second kappa shape index (κ2) is 9.13. The molecule has 0 saturated carbocycles. The van der Waals surface area contributed by atoms with E-state index >= 15 is 0 Å². The van der Waals surface area contributed by atoms with Crippen LogP contribution in [-0.4, -0.2) is 28.7 Å². The number of ether oxygens (including phenoxy) is 1. The molecule has 2 heterocycles. The number of aromatic nitrogens is 1. The van der Waals surface area contributed by atoms with Gasteiger partial charge in [-0.05, 0) is 35.9 Å². The first kappa shape index (κ1) is 23.0. The van der Waals surface area contributed by atoms with Gasteiger partial charge in [-0.15, -0.1) is 0 Å². The van der Waals surface area contributed by atoms with Gasteiger partial charge in [0.2, 0.25) is 0 Å². The fourth-order valence-corrected chi connectivity index (χ4v) is 4.96. The van der Waals surface area contributed by atoms with Crippen molar-refractivity contribution >= 4 is 40.8 Å². The van der Waals surface area contributed by atoms with Crippen LogP contribution in [0.1, 0.15) is 32.0 Å². The van der Waals surface area contributed by atoms with Gasteiger partial charge in [-0.25, -0.2) is 4.79 Å². The van der Waals surface area contributed by atoms with E-state index < -0.39 is 5.97 Å². The third kappa shape index (κ3) is 4.05. The van der Waals surface area contributed by atoms with Crippen molar-refractivity contribution in [3.05, 3.63) is 105 Å². The quantitative estimate of drug-likeness (QED) is 0.348. The Hall–Kier alpha value is -3.74. The third-order valence-electron chi connectivity index (χ3n) is 6.17. The Labute approximate surface area is 211 Å². The zero-order chi connectivity index (χ0) is 24.7. The zero-order valence-electron chi connectivity index (χ0n) is 18.7. The van der Waals surface area contributed by atoms with Crippen LogP contribution in [0.15, 0.2) is 72.9 Å². The molecule has 0 spiro atoms. The van der Waals surface area contributed by atoms with Crippen LogP contribution in [0.4, 0.5) is 5.69 Å². The molecule has 0 unspecified atom stereocenters. The molecule has 8 heteroatoms. The van der Waals surface area contributed by atoms with E-state index in [-0.39, 0.29) is 23.6 Å². The summed E-state index contributed by atoms with van der Waals surface area (Å²) in [6, 6.07) is 19.6. The number of carbonyl (C=O) groups excluding carboxylic acids is 1. The third-order valence-corrected chi connectivity index (χ3v) is 6.81. The SMILES string of the molecule is COc1cc(-c2ccccc2Cl)c(Cl)cc1C(=O)N1Cc2c(C(=O)O)ccn2Cc2ccccc21. The summed E-state index contributed by atoms with van der Waals surface area (Å²) in [5.74, 6) is -1.06. The van der Waals surface area contributed by atoms with Gasteiger partial charge >= 0.3 is 5.97 Å². The molecule has 176 valence electrons. The lowest BCUT2D eigenvalue weighted by Gasteiger charge is -2.24. The molecular formula is C27H20Cl2N2O4. The molecule has 1 amide bonds. The highest BCUT2D eigenvalue weighted by molar-refractivity contribution is 6.37. The van der Waals surface area contributed by atoms with Crippen molar-refractivity contribution < 1.29 is 19.4 Å². The molecule has 35 heavy (non-hydrogen) atoms. The van der Waals surface area contributed by atoms with Crippen molar-refractivity contribution in [1.29, 1.82) is 0 Å². The molecule has 0 bridgehead atoms. The van der Waals surface area contributed by atoms with Crippen LogP contribution in [0.5, 0.6) is 5.75 Å². The minimum absolute atomic E-state index is 0.0809. The number of hydrogen-bond acceptors (Lipinski definition) is 3. The van der Waals surface area contributed by atoms with E-state index in [9.17, 15) is 14.7 Å². The van der Waals surface area contributed by atoms with E-state index in [1.165, 1.54) is 7.11 Å². The van der Waals surface area contributed by atoms with Crippen LogP contribution >= 0.6 is 23.2 Å². The van der Waals surface area contributed by atoms with E-state index in [4.69, 9.17) is 27.9 Å². The number of hydrogen-bond donors (Lipinski definition) is 1. The molecule has 0 radical (unpaired) electrons. The van der Waals surface area contributed by atoms with Gasteiger partial charge in [-0.1, -0.05) is 59.6 Å². The molecule has 0 fully saturated rings. The number of carboxylic acids is 1. The van der Waals surface area contributed by atoms with E-state index in [1.807, 2.05) is 47.0 Å². The van der Waals surface area contributed by atoms with Gasteiger partial charge in [0.25, 0.3) is 5.91 Å². The summed E-state index contributed by atoms with van der Waals surface area (Å²) in [6.45, 7) is 0.531. The van der Waals surface area contributed by atoms with E-state index in [1.54, 1.807) is 35.4 Å². The molecule has 1 aromatic heterocycles. The average Bonchev–Trinajstić information content (AvgIpc) is 3.17. The maximum absolute atomic E-state index is 14.0. The monoisotopic (exact) mass is 506 g/mol. The minimum atomic E-state index is -1.04. The summed E-state index contributed by atoms with van der Waals surface area (Å²) in [4.78, 5) is 27.4. The fourth-order valence-electron chi connectivity index (χ4n) is 4.45. The highest BCUT2D eigenvalue weighted by Crippen LogP contribution is 2.39. The standard InChI is InChI=1S/C27H20Cl2N2O4/c1-35-25-13-19(17-7-3-4-8-21(17)28)22(29)12-20(25)26(32)31-15-24-18(27(33)34)10-11-30(24)14-16-6-2-5-9-23(16)31/h2-13H,14-15H2,1H3,(H,33,34). The molecule has 1 aliphatic heterocycles. The summed E-state index contributed by atoms with van der Waals surface area (Å²) >= 11 is 13.0. The van der Waals surface area contributed by atoms with Gasteiger partial charge in [0.05, 0.1) is 30.5 Å². The lowest BCUT2D eigenvalue weighted by Crippen LogP contribution is -2.31. The lowest BCUT2D eigenvalue weighted by molar-refractivity contribution is 0.0694. The number of aromatic carboxylic acids is 1. The molecule has 0 atom stereocenters. The van der Waals surface area contributed by atoms with E-state index in [0.717, 1.165) is 11.1 Å². The highest BCUT2D eigenvalue weighted by Gasteiger charge is 2.30. The molecule has 1 N–H and O–H groups in total. The predicted molar refractivity (Wildman–Crippen MR) is 136 cm³/mol. The second-order valence-corrected chi connectivity index (χ2v) is 8.96. The molecule has 0 aliphatic carbocycles. The number of fused-ring (bicyclic) bond motifs is 2. The van der Waals surface area contributed by atoms with Crippen molar-refractivity contribution in [1.82, 2.24) is 4.57 Å². The summed E-state index contributed by atoms with van der Waals surface area (Å²) in [5, 5.41) is 10.6. The van der Waals surface area contributed by atoms with Crippen molar-refractivity contribution in [2.45, 2.75) is 13.1 Å². The molecule has 3 aromatic carbocycles. The van der Waals surface area contributed by atoms with Gasteiger partial charge in [0, 0.05) is 39.6 Å². The maximum atomic E-state index is 14.0. The normalized spacial score (nSPS) is 12.5. The van der Waals surface area contributed by atoms with Crippen LogP contribution in [0, 0.1) is 0 Å². The lowest BCUT2D eigenvalue weighted by atomic mass is 10.0. The number of para-hydroxylation sites is 1. The Bertz CT molecular complexity index is 1480. The topological polar surface area (TPSA) is 71.8 Å². The van der Waals surface area contributed by atoms with Crippen LogP contribution in [0.3, 0.4) is 0 Å². The molecule has 1 aliphatic rings. The second-order valence-electron chi connectivity index (χ2n) is 8.14. The van der Waals surface area contributed by atoms with Crippen molar-refractivity contribution in [2.24, 2.45) is 0 Å². The Morgan fingerprint density at radius 3 is 2.37 bits per heavy atom. The number of nitrogens with zero attached hydrogens (tertiary/aromatic N) is 2. The summed E-state index contributed by atoms with van der Waals surface area (Å²) in [5.41, 5.74) is 3.93. The first-order valence-corrected chi connectivity index (χ1v) is 11.6. The number of methoxy groups -OCH3 is 1. The molecule has 5 rings (SSSR count). The molecule has 6 nitrogen and oxygen atoms in total. The number of halogens is 2. The number of amides is 1. The van der Waals surface area contributed by atoms with Crippen LogP contribution < -0.4 is 9.64 Å². The highest BCUT2D eigenvalue weighted by atomic mass is 35.5. The predicted octanol–water partition coefficient (Wildman–Crippen LogP) is 6.38. The largest absolute Gasteiger partial charge is 0.496 e. The van der Waals surface area contributed by atoms with Crippen LogP contribution in [-0.2, 0) is 13.1 Å². The smallest absolute Gasteiger partial charge is 0.337 e. The fraction of sp³-hybridized carbons (Fsp3) is 0.111. The van der Waals surface area contributed by atoms with Crippen molar-refractivity contribution in [3.8, 4) is 16.9 Å². The first-order valence-electron chi connectivity index (χ1n) is 10.8. The molecular weight excluding hydrogens is 487 g/mol. The summed E-state index contributed by atoms with van der Waals surface area (Å²) in [6.07, 6.45) is 1.74. The van der Waals surface area contributed by atoms with Crippen molar-refractivity contribution in [2.75, 3.05) is 12.0 Å². The number of carboxylic acid groups (broad SMARTS) is 1. The van der Waals surface area contributed by atoms with Crippen LogP contribution in [0.2, 0.25) is 10.0 Å². The van der Waals surface area contributed by atoms with E-state index in [2.05, 4.69) is 0 Å². The Kier molecular flexibility index (Phi) is 6.01. The Balaban J connectivity index is 1.63. The van der Waals surface area contributed by atoms with Gasteiger partial charge in [0.1, 0.15) is 5.75 Å².